The molecule has 1 fully saturated rings. The van der Waals surface area contributed by atoms with Crippen molar-refractivity contribution in [3.8, 4) is 0 Å². The van der Waals surface area contributed by atoms with Crippen LogP contribution in [0.5, 0.6) is 0 Å². The Bertz CT molecular complexity index is 2260. The molecule has 0 bridgehead atoms. The maximum Gasteiger partial charge on any atom is 0.416 e. The van der Waals surface area contributed by atoms with Gasteiger partial charge in [-0.15, -0.1) is 0 Å². The second-order valence-corrected chi connectivity index (χ2v) is 14.1. The van der Waals surface area contributed by atoms with Gasteiger partial charge in [-0.05, 0) is 117 Å². The number of hydrogen-bond acceptors (Lipinski definition) is 6. The number of amides is 2. The maximum absolute atomic E-state index is 14.2. The third kappa shape index (κ3) is 8.74. The standard InChI is InChI=1S/C43H40F6N4O4/c1-4-5-6-17-50-32-22-33(51-40(56)26-9-13-28(14-10-26)42(44,45)46)30(20-24(32)2)36-38(54)37(39(36)55)31-21-25(3)35(53-18-7-8-19-53)23-34(31)52-41(57)27-11-15-29(16-12-27)43(47,48)49/h9-16,20-23,54H,4-8,17-19H2,1-3H3,(H,51,56)(H,52,57)/b36-30-,50-32+. The minimum atomic E-state index is -4.60. The summed E-state index contributed by atoms with van der Waals surface area (Å²) in [7, 11) is 0. The molecule has 0 spiro atoms. The number of aliphatic imine (C=N–C) groups is 1. The second-order valence-electron chi connectivity index (χ2n) is 14.1. The van der Waals surface area contributed by atoms with Crippen LogP contribution in [0.15, 0.2) is 106 Å². The number of hydrogen-bond donors (Lipinski definition) is 3. The van der Waals surface area contributed by atoms with Crippen LogP contribution in [0.2, 0.25) is 0 Å². The summed E-state index contributed by atoms with van der Waals surface area (Å²) in [6, 6.07) is 10.7. The number of alkyl halides is 6. The van der Waals surface area contributed by atoms with Gasteiger partial charge < -0.3 is 20.6 Å². The number of allylic oxidation sites excluding steroid dienone is 5. The molecule has 0 radical (unpaired) electrons. The number of aliphatic hydroxyl groups excluding tert-OH is 1. The molecular formula is C43H40F6N4O4. The van der Waals surface area contributed by atoms with Gasteiger partial charge in [0.2, 0.25) is 5.78 Å². The fourth-order valence-corrected chi connectivity index (χ4v) is 6.96. The normalized spacial score (nSPS) is 18.1. The zero-order valence-electron chi connectivity index (χ0n) is 31.4. The summed E-state index contributed by atoms with van der Waals surface area (Å²) in [4.78, 5) is 47.9. The summed E-state index contributed by atoms with van der Waals surface area (Å²) in [6.07, 6.45) is -1.45. The predicted octanol–water partition coefficient (Wildman–Crippen LogP) is 9.94. The summed E-state index contributed by atoms with van der Waals surface area (Å²) >= 11 is 0. The topological polar surface area (TPSA) is 111 Å². The highest BCUT2D eigenvalue weighted by molar-refractivity contribution is 6.40. The minimum Gasteiger partial charge on any atom is -0.506 e. The average Bonchev–Trinajstić information content (AvgIpc) is 3.70. The van der Waals surface area contributed by atoms with Gasteiger partial charge in [0.25, 0.3) is 11.8 Å². The molecule has 0 saturated carbocycles. The summed E-state index contributed by atoms with van der Waals surface area (Å²) in [5.41, 5.74) is 0.949. The van der Waals surface area contributed by atoms with E-state index in [0.29, 0.717) is 17.8 Å². The number of carbonyl (C=O) groups excluding carboxylic acids is 3. The number of ketones is 1. The smallest absolute Gasteiger partial charge is 0.416 e. The molecule has 3 aromatic rings. The largest absolute Gasteiger partial charge is 0.506 e. The van der Waals surface area contributed by atoms with E-state index in [2.05, 4.69) is 27.4 Å². The van der Waals surface area contributed by atoms with Crippen molar-refractivity contribution in [2.24, 2.45) is 4.99 Å². The fraction of sp³-hybridized carbons (Fsp3) is 0.302. The van der Waals surface area contributed by atoms with E-state index in [1.807, 2.05) is 6.92 Å². The number of nitrogens with one attached hydrogen (secondary N) is 2. The minimum absolute atomic E-state index is 0.0632. The van der Waals surface area contributed by atoms with E-state index in [1.54, 1.807) is 31.2 Å². The molecule has 0 unspecified atom stereocenters. The van der Waals surface area contributed by atoms with Crippen LogP contribution >= 0.6 is 0 Å². The Morgan fingerprint density at radius 3 is 1.88 bits per heavy atom. The number of anilines is 2. The molecule has 3 N–H and O–H groups in total. The van der Waals surface area contributed by atoms with E-state index < -0.39 is 46.8 Å². The van der Waals surface area contributed by atoms with Crippen molar-refractivity contribution in [3.05, 3.63) is 134 Å². The van der Waals surface area contributed by atoms with E-state index in [9.17, 15) is 45.8 Å². The quantitative estimate of drug-likeness (QED) is 0.108. The van der Waals surface area contributed by atoms with Gasteiger partial charge in [0.05, 0.1) is 39.4 Å². The van der Waals surface area contributed by atoms with E-state index in [0.717, 1.165) is 105 Å². The Kier molecular flexibility index (Phi) is 11.6. The van der Waals surface area contributed by atoms with Gasteiger partial charge in [-0.1, -0.05) is 19.8 Å². The Labute approximate surface area is 325 Å². The number of aliphatic hydroxyl groups is 1. The van der Waals surface area contributed by atoms with Gasteiger partial charge in [0, 0.05) is 47.6 Å². The van der Waals surface area contributed by atoms with Gasteiger partial charge in [-0.2, -0.15) is 26.3 Å². The monoisotopic (exact) mass is 790 g/mol. The molecule has 2 aliphatic carbocycles. The van der Waals surface area contributed by atoms with Crippen LogP contribution in [0.3, 0.4) is 0 Å². The molecule has 0 atom stereocenters. The van der Waals surface area contributed by atoms with Crippen LogP contribution in [0.4, 0.5) is 37.7 Å². The van der Waals surface area contributed by atoms with E-state index in [4.69, 9.17) is 0 Å². The number of Topliss-reactive ketones (excluding diaryl/α,β-unsaturated/α-hetero) is 1. The molecule has 1 saturated heterocycles. The molecule has 3 aliphatic rings. The number of nitrogens with zero attached hydrogens (tertiary/aromatic N) is 2. The van der Waals surface area contributed by atoms with Gasteiger partial charge in [0.1, 0.15) is 5.76 Å². The molecular weight excluding hydrogens is 750 g/mol. The lowest BCUT2D eigenvalue weighted by molar-refractivity contribution is -0.138. The third-order valence-electron chi connectivity index (χ3n) is 10.1. The molecule has 298 valence electrons. The summed E-state index contributed by atoms with van der Waals surface area (Å²) in [5.74, 6) is -2.55. The van der Waals surface area contributed by atoms with E-state index in [1.165, 1.54) is 0 Å². The fourth-order valence-electron chi connectivity index (χ4n) is 6.96. The third-order valence-corrected chi connectivity index (χ3v) is 10.1. The average molecular weight is 791 g/mol. The first kappa shape index (κ1) is 40.7. The second kappa shape index (κ2) is 16.3. The van der Waals surface area contributed by atoms with Crippen molar-refractivity contribution in [3.63, 3.8) is 0 Å². The van der Waals surface area contributed by atoms with Crippen molar-refractivity contribution in [1.82, 2.24) is 5.32 Å². The zero-order chi connectivity index (χ0) is 41.2. The van der Waals surface area contributed by atoms with Crippen molar-refractivity contribution in [1.29, 1.82) is 0 Å². The van der Waals surface area contributed by atoms with Gasteiger partial charge in [-0.3, -0.25) is 19.4 Å². The Balaban J connectivity index is 1.40. The first-order chi connectivity index (χ1) is 27.0. The lowest BCUT2D eigenvalue weighted by Crippen LogP contribution is -2.31. The van der Waals surface area contributed by atoms with Gasteiger partial charge in [-0.25, -0.2) is 0 Å². The van der Waals surface area contributed by atoms with Gasteiger partial charge in [0.15, 0.2) is 0 Å². The van der Waals surface area contributed by atoms with Crippen LogP contribution in [0.1, 0.15) is 88.9 Å². The molecule has 6 rings (SSSR count). The number of benzene rings is 3. The number of aryl methyl sites for hydroxylation is 1. The first-order valence-corrected chi connectivity index (χ1v) is 18.5. The number of rotatable bonds is 10. The first-order valence-electron chi connectivity index (χ1n) is 18.5. The lowest BCUT2D eigenvalue weighted by atomic mass is 9.77. The Hall–Kier alpha value is -5.92. The highest BCUT2D eigenvalue weighted by atomic mass is 19.4. The molecule has 14 heteroatoms. The van der Waals surface area contributed by atoms with Crippen LogP contribution in [-0.4, -0.2) is 48.1 Å². The van der Waals surface area contributed by atoms with E-state index >= 15 is 0 Å². The summed E-state index contributed by atoms with van der Waals surface area (Å²) in [5, 5.41) is 17.1. The van der Waals surface area contributed by atoms with E-state index in [-0.39, 0.29) is 44.8 Å². The van der Waals surface area contributed by atoms with Gasteiger partial charge >= 0.3 is 12.4 Å². The molecule has 2 amide bonds. The Morgan fingerprint density at radius 1 is 0.789 bits per heavy atom. The molecule has 0 aromatic heterocycles. The predicted molar refractivity (Wildman–Crippen MR) is 206 cm³/mol. The number of halogens is 6. The highest BCUT2D eigenvalue weighted by Crippen LogP contribution is 2.45. The van der Waals surface area contributed by atoms with Crippen LogP contribution in [-0.2, 0) is 17.1 Å². The van der Waals surface area contributed by atoms with Crippen molar-refractivity contribution < 1.29 is 45.8 Å². The van der Waals surface area contributed by atoms with Crippen molar-refractivity contribution in [2.45, 2.75) is 65.2 Å². The molecule has 57 heavy (non-hydrogen) atoms. The molecule has 3 aromatic carbocycles. The summed E-state index contributed by atoms with van der Waals surface area (Å²) in [6.45, 7) is 7.61. The van der Waals surface area contributed by atoms with Crippen molar-refractivity contribution in [2.75, 3.05) is 29.9 Å². The molecule has 1 heterocycles. The highest BCUT2D eigenvalue weighted by Gasteiger charge is 2.40. The van der Waals surface area contributed by atoms with Crippen LogP contribution < -0.4 is 15.5 Å². The lowest BCUT2D eigenvalue weighted by Gasteiger charge is -2.29. The summed E-state index contributed by atoms with van der Waals surface area (Å²) < 4.78 is 79.3. The van der Waals surface area contributed by atoms with Crippen molar-refractivity contribution >= 4 is 40.3 Å². The Morgan fingerprint density at radius 2 is 1.35 bits per heavy atom. The number of carbonyl (C=O) groups is 3. The SMILES string of the molecule is CCCCC/N=C1C=C(NC(=O)c2ccc(C(F)(F)F)cc2)/C(=C2\C(=O)C(c3cc(C)c(N4CCCC4)cc3NC(=O)c3ccc(C(F)(F)F)cc3)=C2O)C=C\1C. The van der Waals surface area contributed by atoms with Crippen LogP contribution in [0, 0.1) is 6.92 Å². The molecule has 8 nitrogen and oxygen atoms in total. The maximum atomic E-state index is 14.2. The molecule has 1 aliphatic heterocycles. The number of unbranched alkanes of at least 4 members (excludes halogenated alkanes) is 2. The van der Waals surface area contributed by atoms with Crippen LogP contribution in [0.25, 0.3) is 5.57 Å². The zero-order valence-corrected chi connectivity index (χ0v) is 31.4.